The number of anilines is 2. The summed E-state index contributed by atoms with van der Waals surface area (Å²) in [5.74, 6) is 0.108. The van der Waals surface area contributed by atoms with Crippen molar-refractivity contribution in [2.75, 3.05) is 12.4 Å². The number of fused-ring (bicyclic) bond motifs is 1. The maximum absolute atomic E-state index is 13.5. The molecule has 0 aliphatic carbocycles. The minimum absolute atomic E-state index is 0.0493. The molecule has 0 atom stereocenters. The van der Waals surface area contributed by atoms with E-state index in [-0.39, 0.29) is 23.2 Å². The van der Waals surface area contributed by atoms with Gasteiger partial charge in [-0.05, 0) is 42.2 Å². The van der Waals surface area contributed by atoms with E-state index < -0.39 is 11.9 Å². The van der Waals surface area contributed by atoms with Gasteiger partial charge in [0.2, 0.25) is 11.7 Å². The lowest BCUT2D eigenvalue weighted by Gasteiger charge is -2.17. The number of methoxy groups -OCH3 is 1. The van der Waals surface area contributed by atoms with Crippen molar-refractivity contribution < 1.29 is 23.0 Å². The average Bonchev–Trinajstić information content (AvgIpc) is 3.04. The number of hydrogen-bond acceptors (Lipinski definition) is 6. The number of halogens is 3. The van der Waals surface area contributed by atoms with Crippen molar-refractivity contribution in [3.8, 4) is 17.2 Å². The predicted octanol–water partition coefficient (Wildman–Crippen LogP) is 4.89. The Balaban J connectivity index is 1.74. The van der Waals surface area contributed by atoms with E-state index >= 15 is 0 Å². The van der Waals surface area contributed by atoms with E-state index in [1.165, 1.54) is 25.4 Å². The van der Waals surface area contributed by atoms with Gasteiger partial charge in [-0.15, -0.1) is 8.78 Å². The molecule has 10 heteroatoms. The van der Waals surface area contributed by atoms with Crippen molar-refractivity contribution in [1.82, 2.24) is 9.55 Å². The van der Waals surface area contributed by atoms with Gasteiger partial charge in [0, 0.05) is 16.8 Å². The van der Waals surface area contributed by atoms with Crippen molar-refractivity contribution in [3.05, 3.63) is 68.6 Å². The van der Waals surface area contributed by atoms with E-state index in [1.807, 2.05) is 32.0 Å². The minimum atomic E-state index is -3.73. The van der Waals surface area contributed by atoms with Gasteiger partial charge in [-0.1, -0.05) is 30.7 Å². The molecule has 0 saturated heterocycles. The van der Waals surface area contributed by atoms with E-state index in [0.29, 0.717) is 29.2 Å². The molecule has 1 aliphatic rings. The summed E-state index contributed by atoms with van der Waals surface area (Å²) >= 11 is 6.25. The smallest absolute Gasteiger partial charge is 0.490 e. The normalized spacial score (nSPS) is 13.8. The largest absolute Gasteiger partial charge is 0.586 e. The Morgan fingerprint density at radius 2 is 1.94 bits per heavy atom. The standard InChI is InChI=1S/C22H20ClF2N3O4/c1-4-14-8-17-18(32-22(24,25)31-17)9-16(14)26-21-27-20(29)19(30-3)11-28(21)10-13-6-5-12(2)15(23)7-13/h5-9,11H,4,10H2,1-3H3,(H,26,27,29). The third-order valence-corrected chi connectivity index (χ3v) is 5.43. The van der Waals surface area contributed by atoms with Crippen LogP contribution in [0.4, 0.5) is 20.4 Å². The molecule has 0 amide bonds. The fourth-order valence-corrected chi connectivity index (χ4v) is 3.54. The summed E-state index contributed by atoms with van der Waals surface area (Å²) in [5.41, 5.74) is 2.38. The highest BCUT2D eigenvalue weighted by molar-refractivity contribution is 6.31. The maximum Gasteiger partial charge on any atom is 0.586 e. The molecule has 168 valence electrons. The number of rotatable bonds is 6. The van der Waals surface area contributed by atoms with Gasteiger partial charge in [0.05, 0.1) is 19.9 Å². The van der Waals surface area contributed by atoms with Crippen LogP contribution in [-0.2, 0) is 13.0 Å². The molecule has 0 radical (unpaired) electrons. The Hall–Kier alpha value is -3.33. The third kappa shape index (κ3) is 4.34. The second-order valence-electron chi connectivity index (χ2n) is 7.25. The summed E-state index contributed by atoms with van der Waals surface area (Å²) in [6.45, 7) is 4.10. The number of benzene rings is 2. The van der Waals surface area contributed by atoms with E-state index in [4.69, 9.17) is 16.3 Å². The molecule has 32 heavy (non-hydrogen) atoms. The monoisotopic (exact) mass is 463 g/mol. The fraction of sp³-hybridized carbons (Fsp3) is 0.273. The summed E-state index contributed by atoms with van der Waals surface area (Å²) < 4.78 is 42.9. The van der Waals surface area contributed by atoms with Crippen molar-refractivity contribution in [3.63, 3.8) is 0 Å². The lowest BCUT2D eigenvalue weighted by molar-refractivity contribution is -0.286. The van der Waals surface area contributed by atoms with Crippen LogP contribution in [0.1, 0.15) is 23.6 Å². The van der Waals surface area contributed by atoms with Gasteiger partial charge in [0.25, 0.3) is 0 Å². The maximum atomic E-state index is 13.5. The van der Waals surface area contributed by atoms with E-state index in [9.17, 15) is 13.6 Å². The van der Waals surface area contributed by atoms with Crippen molar-refractivity contribution in [1.29, 1.82) is 0 Å². The van der Waals surface area contributed by atoms with Crippen LogP contribution in [0.5, 0.6) is 17.2 Å². The topological polar surface area (TPSA) is 74.6 Å². The molecule has 0 bridgehead atoms. The SMILES string of the molecule is CCc1cc2c(cc1Nc1nc(=O)c(OC)cn1Cc1ccc(C)c(Cl)c1)OC(F)(F)O2. The van der Waals surface area contributed by atoms with Gasteiger partial charge >= 0.3 is 11.9 Å². The lowest BCUT2D eigenvalue weighted by atomic mass is 10.1. The number of aromatic nitrogens is 2. The van der Waals surface area contributed by atoms with Crippen LogP contribution in [-0.4, -0.2) is 23.0 Å². The van der Waals surface area contributed by atoms with Crippen LogP contribution in [0.15, 0.2) is 41.3 Å². The molecule has 3 aromatic rings. The Labute approximate surface area is 187 Å². The van der Waals surface area contributed by atoms with Crippen molar-refractivity contribution in [2.45, 2.75) is 33.1 Å². The van der Waals surface area contributed by atoms with Gasteiger partial charge in [0.15, 0.2) is 11.5 Å². The van der Waals surface area contributed by atoms with Crippen molar-refractivity contribution >= 4 is 23.2 Å². The molecule has 1 aliphatic heterocycles. The number of alkyl halides is 2. The zero-order chi connectivity index (χ0) is 23.0. The quantitative estimate of drug-likeness (QED) is 0.561. The van der Waals surface area contributed by atoms with Gasteiger partial charge in [-0.3, -0.25) is 4.79 Å². The van der Waals surface area contributed by atoms with E-state index in [1.54, 1.807) is 4.57 Å². The minimum Gasteiger partial charge on any atom is -0.490 e. The molecular weight excluding hydrogens is 444 g/mol. The summed E-state index contributed by atoms with van der Waals surface area (Å²) in [5, 5.41) is 3.68. The second kappa shape index (κ2) is 8.31. The van der Waals surface area contributed by atoms with Crippen LogP contribution < -0.4 is 25.1 Å². The molecule has 0 spiro atoms. The molecule has 2 aromatic carbocycles. The van der Waals surface area contributed by atoms with Crippen LogP contribution in [0.2, 0.25) is 5.02 Å². The molecule has 1 N–H and O–H groups in total. The number of nitrogens with one attached hydrogen (secondary N) is 1. The van der Waals surface area contributed by atoms with Crippen LogP contribution >= 0.6 is 11.6 Å². The Morgan fingerprint density at radius 3 is 2.59 bits per heavy atom. The van der Waals surface area contributed by atoms with Gasteiger partial charge in [-0.25, -0.2) is 0 Å². The highest BCUT2D eigenvalue weighted by Gasteiger charge is 2.43. The number of aryl methyl sites for hydroxylation is 2. The molecule has 7 nitrogen and oxygen atoms in total. The lowest BCUT2D eigenvalue weighted by Crippen LogP contribution is -2.25. The van der Waals surface area contributed by atoms with Crippen LogP contribution in [0, 0.1) is 6.92 Å². The zero-order valence-corrected chi connectivity index (χ0v) is 18.3. The van der Waals surface area contributed by atoms with E-state index in [2.05, 4.69) is 19.8 Å². The molecule has 0 saturated carbocycles. The number of ether oxygens (including phenoxy) is 3. The molecule has 0 fully saturated rings. The Bertz CT molecular complexity index is 1250. The highest BCUT2D eigenvalue weighted by atomic mass is 35.5. The second-order valence-corrected chi connectivity index (χ2v) is 7.66. The Morgan fingerprint density at radius 1 is 1.22 bits per heavy atom. The zero-order valence-electron chi connectivity index (χ0n) is 17.5. The molecule has 2 heterocycles. The summed E-state index contributed by atoms with van der Waals surface area (Å²) in [6, 6.07) is 8.51. The molecule has 4 rings (SSSR count). The fourth-order valence-electron chi connectivity index (χ4n) is 3.33. The number of hydrogen-bond donors (Lipinski definition) is 1. The Kier molecular flexibility index (Phi) is 5.68. The molecule has 0 unspecified atom stereocenters. The first kappa shape index (κ1) is 21.9. The van der Waals surface area contributed by atoms with E-state index in [0.717, 1.165) is 11.1 Å². The molecule has 1 aromatic heterocycles. The first-order chi connectivity index (χ1) is 15.2. The highest BCUT2D eigenvalue weighted by Crippen LogP contribution is 2.44. The number of nitrogens with zero attached hydrogens (tertiary/aromatic N) is 2. The average molecular weight is 464 g/mol. The van der Waals surface area contributed by atoms with Crippen LogP contribution in [0.25, 0.3) is 0 Å². The van der Waals surface area contributed by atoms with Gasteiger partial charge in [0.1, 0.15) is 0 Å². The summed E-state index contributed by atoms with van der Waals surface area (Å²) in [6.07, 6.45) is -1.69. The van der Waals surface area contributed by atoms with Gasteiger partial charge in [-0.2, -0.15) is 4.98 Å². The predicted molar refractivity (Wildman–Crippen MR) is 116 cm³/mol. The summed E-state index contributed by atoms with van der Waals surface area (Å²) in [4.78, 5) is 16.4. The summed E-state index contributed by atoms with van der Waals surface area (Å²) in [7, 11) is 1.38. The van der Waals surface area contributed by atoms with Crippen LogP contribution in [0.3, 0.4) is 0 Å². The third-order valence-electron chi connectivity index (χ3n) is 5.03. The molecular formula is C22H20ClF2N3O4. The van der Waals surface area contributed by atoms with Gasteiger partial charge < -0.3 is 24.1 Å². The first-order valence-electron chi connectivity index (χ1n) is 9.79. The van der Waals surface area contributed by atoms with Crippen molar-refractivity contribution in [2.24, 2.45) is 0 Å². The first-order valence-corrected chi connectivity index (χ1v) is 10.2.